The standard InChI is InChI=1S/C17H12ClF4N3O/c18-12-2-1-3-13(19)15(12)16(26)23-7-6-11-9-25-8-10(17(20,21)22)4-5-14(25)24-11/h1-5,8-9H,6-7H2,(H,23,26). The maximum absolute atomic E-state index is 13.7. The predicted molar refractivity (Wildman–Crippen MR) is 87.6 cm³/mol. The predicted octanol–water partition coefficient (Wildman–Crippen LogP) is 4.12. The molecule has 136 valence electrons. The van der Waals surface area contributed by atoms with E-state index in [4.69, 9.17) is 11.6 Å². The molecule has 0 saturated carbocycles. The summed E-state index contributed by atoms with van der Waals surface area (Å²) in [6.07, 6.45) is -1.77. The summed E-state index contributed by atoms with van der Waals surface area (Å²) in [5.41, 5.74) is -0.184. The second kappa shape index (κ2) is 6.95. The third-order valence-electron chi connectivity index (χ3n) is 3.68. The first kappa shape index (κ1) is 18.2. The minimum Gasteiger partial charge on any atom is -0.352 e. The number of carbonyl (C=O) groups excluding carboxylic acids is 1. The molecular weight excluding hydrogens is 374 g/mol. The van der Waals surface area contributed by atoms with Gasteiger partial charge in [-0.1, -0.05) is 17.7 Å². The average molecular weight is 386 g/mol. The van der Waals surface area contributed by atoms with Crippen LogP contribution >= 0.6 is 11.6 Å². The second-order valence-corrected chi connectivity index (χ2v) is 5.92. The number of fused-ring (bicyclic) bond motifs is 1. The fourth-order valence-electron chi connectivity index (χ4n) is 2.44. The van der Waals surface area contributed by atoms with Gasteiger partial charge in [0, 0.05) is 25.4 Å². The van der Waals surface area contributed by atoms with Gasteiger partial charge in [0.1, 0.15) is 11.5 Å². The normalized spacial score (nSPS) is 11.7. The van der Waals surface area contributed by atoms with Crippen LogP contribution in [0.5, 0.6) is 0 Å². The maximum atomic E-state index is 13.7. The van der Waals surface area contributed by atoms with E-state index in [-0.39, 0.29) is 23.6 Å². The number of benzene rings is 1. The first-order valence-electron chi connectivity index (χ1n) is 7.53. The number of nitrogens with one attached hydrogen (secondary N) is 1. The van der Waals surface area contributed by atoms with Gasteiger partial charge in [0.15, 0.2) is 0 Å². The van der Waals surface area contributed by atoms with Crippen LogP contribution in [0, 0.1) is 5.82 Å². The number of hydrogen-bond acceptors (Lipinski definition) is 2. The number of carbonyl (C=O) groups is 1. The van der Waals surface area contributed by atoms with Gasteiger partial charge in [0.25, 0.3) is 5.91 Å². The van der Waals surface area contributed by atoms with E-state index in [0.717, 1.165) is 18.3 Å². The molecule has 2 heterocycles. The van der Waals surface area contributed by atoms with Crippen molar-refractivity contribution >= 4 is 23.2 Å². The molecule has 0 radical (unpaired) electrons. The monoisotopic (exact) mass is 385 g/mol. The average Bonchev–Trinajstić information content (AvgIpc) is 2.95. The number of alkyl halides is 3. The van der Waals surface area contributed by atoms with Crippen molar-refractivity contribution in [3.05, 3.63) is 70.4 Å². The van der Waals surface area contributed by atoms with Gasteiger partial charge in [-0.3, -0.25) is 4.79 Å². The summed E-state index contributed by atoms with van der Waals surface area (Å²) in [6.45, 7) is 0.125. The molecule has 0 fully saturated rings. The van der Waals surface area contributed by atoms with E-state index in [1.807, 2.05) is 0 Å². The molecule has 0 aliphatic heterocycles. The van der Waals surface area contributed by atoms with Crippen LogP contribution in [0.1, 0.15) is 21.6 Å². The number of halogens is 5. The Labute approximate surface area is 150 Å². The van der Waals surface area contributed by atoms with E-state index < -0.39 is 23.5 Å². The van der Waals surface area contributed by atoms with Crippen LogP contribution in [-0.4, -0.2) is 21.8 Å². The molecule has 0 saturated heterocycles. The summed E-state index contributed by atoms with van der Waals surface area (Å²) in [4.78, 5) is 16.2. The Hall–Kier alpha value is -2.61. The molecule has 9 heteroatoms. The van der Waals surface area contributed by atoms with Crippen LogP contribution in [0.15, 0.2) is 42.7 Å². The van der Waals surface area contributed by atoms with E-state index >= 15 is 0 Å². The molecule has 0 spiro atoms. The van der Waals surface area contributed by atoms with Gasteiger partial charge in [-0.15, -0.1) is 0 Å². The van der Waals surface area contributed by atoms with Gasteiger partial charge in [-0.05, 0) is 24.3 Å². The second-order valence-electron chi connectivity index (χ2n) is 5.52. The molecule has 0 aliphatic rings. The van der Waals surface area contributed by atoms with Crippen molar-refractivity contribution in [2.24, 2.45) is 0 Å². The lowest BCUT2D eigenvalue weighted by Gasteiger charge is -2.06. The Bertz CT molecular complexity index is 948. The van der Waals surface area contributed by atoms with Gasteiger partial charge < -0.3 is 9.72 Å². The van der Waals surface area contributed by atoms with Crippen molar-refractivity contribution in [3.63, 3.8) is 0 Å². The van der Waals surface area contributed by atoms with Crippen molar-refractivity contribution in [3.8, 4) is 0 Å². The fourth-order valence-corrected chi connectivity index (χ4v) is 2.69. The van der Waals surface area contributed by atoms with E-state index in [0.29, 0.717) is 11.3 Å². The SMILES string of the molecule is O=C(NCCc1cn2cc(C(F)(F)F)ccc2n1)c1c(F)cccc1Cl. The van der Waals surface area contributed by atoms with Crippen molar-refractivity contribution in [1.29, 1.82) is 0 Å². The molecular formula is C17H12ClF4N3O. The Kier molecular flexibility index (Phi) is 4.86. The van der Waals surface area contributed by atoms with Crippen LogP contribution in [0.4, 0.5) is 17.6 Å². The van der Waals surface area contributed by atoms with Crippen LogP contribution in [0.25, 0.3) is 5.65 Å². The number of pyridine rings is 1. The molecule has 4 nitrogen and oxygen atoms in total. The molecule has 0 atom stereocenters. The number of amides is 1. The number of nitrogens with zero attached hydrogens (tertiary/aromatic N) is 2. The molecule has 0 bridgehead atoms. The summed E-state index contributed by atoms with van der Waals surface area (Å²) in [6, 6.07) is 6.14. The molecule has 3 aromatic rings. The lowest BCUT2D eigenvalue weighted by molar-refractivity contribution is -0.137. The van der Waals surface area contributed by atoms with E-state index in [1.165, 1.54) is 28.8 Å². The molecule has 0 unspecified atom stereocenters. The first-order chi connectivity index (χ1) is 12.3. The van der Waals surface area contributed by atoms with Crippen LogP contribution < -0.4 is 5.32 Å². The first-order valence-corrected chi connectivity index (χ1v) is 7.90. The highest BCUT2D eigenvalue weighted by molar-refractivity contribution is 6.33. The minimum absolute atomic E-state index is 0.00471. The molecule has 3 rings (SSSR count). The van der Waals surface area contributed by atoms with Gasteiger partial charge in [-0.2, -0.15) is 13.2 Å². The molecule has 1 amide bonds. The lowest BCUT2D eigenvalue weighted by atomic mass is 10.2. The summed E-state index contributed by atoms with van der Waals surface area (Å²) < 4.78 is 53.1. The summed E-state index contributed by atoms with van der Waals surface area (Å²) in [7, 11) is 0. The lowest BCUT2D eigenvalue weighted by Crippen LogP contribution is -2.27. The highest BCUT2D eigenvalue weighted by Crippen LogP contribution is 2.29. The Balaban J connectivity index is 1.67. The van der Waals surface area contributed by atoms with E-state index in [9.17, 15) is 22.4 Å². The summed E-state index contributed by atoms with van der Waals surface area (Å²) >= 11 is 5.82. The minimum atomic E-state index is -4.44. The smallest absolute Gasteiger partial charge is 0.352 e. The molecule has 26 heavy (non-hydrogen) atoms. The van der Waals surface area contributed by atoms with Crippen LogP contribution in [0.3, 0.4) is 0 Å². The molecule has 1 N–H and O–H groups in total. The number of imidazole rings is 1. The Morgan fingerprint density at radius 3 is 2.65 bits per heavy atom. The summed E-state index contributed by atoms with van der Waals surface area (Å²) in [5.74, 6) is -1.40. The molecule has 0 aliphatic carbocycles. The van der Waals surface area contributed by atoms with Gasteiger partial charge >= 0.3 is 6.18 Å². The van der Waals surface area contributed by atoms with E-state index in [1.54, 1.807) is 0 Å². The van der Waals surface area contributed by atoms with Crippen molar-refractivity contribution in [1.82, 2.24) is 14.7 Å². The zero-order valence-electron chi connectivity index (χ0n) is 13.1. The fraction of sp³-hybridized carbons (Fsp3) is 0.176. The van der Waals surface area contributed by atoms with Crippen molar-refractivity contribution in [2.75, 3.05) is 6.54 Å². The number of hydrogen-bond donors (Lipinski definition) is 1. The van der Waals surface area contributed by atoms with Crippen LogP contribution in [-0.2, 0) is 12.6 Å². The van der Waals surface area contributed by atoms with E-state index in [2.05, 4.69) is 10.3 Å². The van der Waals surface area contributed by atoms with Gasteiger partial charge in [0.2, 0.25) is 0 Å². The van der Waals surface area contributed by atoms with Crippen molar-refractivity contribution in [2.45, 2.75) is 12.6 Å². The third-order valence-corrected chi connectivity index (χ3v) is 4.00. The molecule has 2 aromatic heterocycles. The van der Waals surface area contributed by atoms with Crippen molar-refractivity contribution < 1.29 is 22.4 Å². The number of aromatic nitrogens is 2. The van der Waals surface area contributed by atoms with Crippen LogP contribution in [0.2, 0.25) is 5.02 Å². The third kappa shape index (κ3) is 3.80. The van der Waals surface area contributed by atoms with Gasteiger partial charge in [-0.25, -0.2) is 9.37 Å². The summed E-state index contributed by atoms with van der Waals surface area (Å²) in [5, 5.41) is 2.51. The number of rotatable bonds is 4. The highest BCUT2D eigenvalue weighted by Gasteiger charge is 2.30. The maximum Gasteiger partial charge on any atom is 0.417 e. The Morgan fingerprint density at radius 2 is 1.96 bits per heavy atom. The zero-order valence-corrected chi connectivity index (χ0v) is 13.9. The van der Waals surface area contributed by atoms with Gasteiger partial charge in [0.05, 0.1) is 21.8 Å². The largest absolute Gasteiger partial charge is 0.417 e. The zero-order chi connectivity index (χ0) is 18.9. The highest BCUT2D eigenvalue weighted by atomic mass is 35.5. The molecule has 1 aromatic carbocycles. The quantitative estimate of drug-likeness (QED) is 0.687. The Morgan fingerprint density at radius 1 is 1.19 bits per heavy atom. The topological polar surface area (TPSA) is 46.4 Å².